The SMILES string of the molecule is CC(C)N1CCOC(C(Cc2ccc(Cl)cc2)NN)C1. The van der Waals surface area contributed by atoms with Gasteiger partial charge in [-0.3, -0.25) is 16.2 Å². The third-order valence-corrected chi connectivity index (χ3v) is 4.14. The molecule has 1 aromatic rings. The van der Waals surface area contributed by atoms with Gasteiger partial charge in [0.2, 0.25) is 0 Å². The van der Waals surface area contributed by atoms with Crippen LogP contribution in [-0.4, -0.2) is 42.8 Å². The van der Waals surface area contributed by atoms with Crippen molar-refractivity contribution < 1.29 is 4.74 Å². The molecule has 1 aliphatic heterocycles. The number of hydrogen-bond donors (Lipinski definition) is 2. The van der Waals surface area contributed by atoms with Crippen molar-refractivity contribution in [2.24, 2.45) is 5.84 Å². The summed E-state index contributed by atoms with van der Waals surface area (Å²) >= 11 is 5.91. The maximum absolute atomic E-state index is 5.91. The summed E-state index contributed by atoms with van der Waals surface area (Å²) in [5.41, 5.74) is 4.12. The minimum absolute atomic E-state index is 0.109. The standard InChI is InChI=1S/C15H24ClN3O/c1-11(2)19-7-8-20-15(10-19)14(18-17)9-12-3-5-13(16)6-4-12/h3-6,11,14-15,18H,7-10,17H2,1-2H3. The Morgan fingerprint density at radius 3 is 2.70 bits per heavy atom. The summed E-state index contributed by atoms with van der Waals surface area (Å²) in [6.07, 6.45) is 0.955. The van der Waals surface area contributed by atoms with E-state index in [1.807, 2.05) is 24.3 Å². The van der Waals surface area contributed by atoms with Gasteiger partial charge in [-0.25, -0.2) is 0 Å². The highest BCUT2D eigenvalue weighted by atomic mass is 35.5. The Morgan fingerprint density at radius 2 is 2.10 bits per heavy atom. The maximum atomic E-state index is 5.91. The first-order chi connectivity index (χ1) is 9.60. The van der Waals surface area contributed by atoms with Crippen molar-refractivity contribution in [3.8, 4) is 0 Å². The van der Waals surface area contributed by atoms with Crippen LogP contribution in [0, 0.1) is 0 Å². The lowest BCUT2D eigenvalue weighted by molar-refractivity contribution is -0.0552. The summed E-state index contributed by atoms with van der Waals surface area (Å²) in [6.45, 7) is 7.10. The number of nitrogens with one attached hydrogen (secondary N) is 1. The Labute approximate surface area is 126 Å². The highest BCUT2D eigenvalue weighted by molar-refractivity contribution is 6.30. The summed E-state index contributed by atoms with van der Waals surface area (Å²) < 4.78 is 5.90. The van der Waals surface area contributed by atoms with E-state index < -0.39 is 0 Å². The number of rotatable bonds is 5. The van der Waals surface area contributed by atoms with Crippen molar-refractivity contribution in [1.29, 1.82) is 0 Å². The highest BCUT2D eigenvalue weighted by Crippen LogP contribution is 2.16. The fourth-order valence-electron chi connectivity index (χ4n) is 2.58. The van der Waals surface area contributed by atoms with Gasteiger partial charge in [-0.05, 0) is 38.0 Å². The average Bonchev–Trinajstić information content (AvgIpc) is 2.46. The summed E-state index contributed by atoms with van der Waals surface area (Å²) in [6, 6.07) is 8.54. The van der Waals surface area contributed by atoms with Gasteiger partial charge in [-0.15, -0.1) is 0 Å². The van der Waals surface area contributed by atoms with Crippen molar-refractivity contribution in [2.75, 3.05) is 19.7 Å². The zero-order valence-corrected chi connectivity index (χ0v) is 12.9. The molecule has 20 heavy (non-hydrogen) atoms. The van der Waals surface area contributed by atoms with Crippen LogP contribution in [0.1, 0.15) is 19.4 Å². The second kappa shape index (κ2) is 7.38. The lowest BCUT2D eigenvalue weighted by Gasteiger charge is -2.38. The third-order valence-electron chi connectivity index (χ3n) is 3.89. The molecule has 0 aliphatic carbocycles. The Hall–Kier alpha value is -0.650. The molecule has 0 aromatic heterocycles. The zero-order chi connectivity index (χ0) is 14.5. The molecule has 4 nitrogen and oxygen atoms in total. The molecule has 3 N–H and O–H groups in total. The van der Waals surface area contributed by atoms with Gasteiger partial charge >= 0.3 is 0 Å². The molecule has 0 radical (unpaired) electrons. The van der Waals surface area contributed by atoms with Crippen molar-refractivity contribution in [3.05, 3.63) is 34.9 Å². The molecule has 1 aromatic carbocycles. The van der Waals surface area contributed by atoms with E-state index in [0.29, 0.717) is 6.04 Å². The van der Waals surface area contributed by atoms with Crippen LogP contribution in [0.15, 0.2) is 24.3 Å². The molecule has 1 saturated heterocycles. The predicted molar refractivity (Wildman–Crippen MR) is 82.7 cm³/mol. The Morgan fingerprint density at radius 1 is 1.40 bits per heavy atom. The van der Waals surface area contributed by atoms with Crippen LogP contribution in [0.5, 0.6) is 0 Å². The Balaban J connectivity index is 1.98. The monoisotopic (exact) mass is 297 g/mol. The van der Waals surface area contributed by atoms with E-state index >= 15 is 0 Å². The molecule has 0 amide bonds. The van der Waals surface area contributed by atoms with Crippen LogP contribution in [-0.2, 0) is 11.2 Å². The first-order valence-corrected chi connectivity index (χ1v) is 7.54. The van der Waals surface area contributed by atoms with Gasteiger partial charge in [0.1, 0.15) is 0 Å². The molecular weight excluding hydrogens is 274 g/mol. The molecule has 5 heteroatoms. The molecular formula is C15H24ClN3O. The number of benzene rings is 1. The van der Waals surface area contributed by atoms with Gasteiger partial charge in [0.15, 0.2) is 0 Å². The van der Waals surface area contributed by atoms with Gasteiger partial charge in [0.05, 0.1) is 18.8 Å². The molecule has 1 fully saturated rings. The fraction of sp³-hybridized carbons (Fsp3) is 0.600. The van der Waals surface area contributed by atoms with Gasteiger partial charge in [-0.1, -0.05) is 23.7 Å². The average molecular weight is 298 g/mol. The summed E-state index contributed by atoms with van der Waals surface area (Å²) in [5.74, 6) is 5.73. The number of morpholine rings is 1. The molecule has 0 spiro atoms. The molecule has 1 heterocycles. The second-order valence-electron chi connectivity index (χ2n) is 5.60. The zero-order valence-electron chi connectivity index (χ0n) is 12.2. The quantitative estimate of drug-likeness (QED) is 0.643. The van der Waals surface area contributed by atoms with E-state index in [0.717, 1.165) is 31.1 Å². The fourth-order valence-corrected chi connectivity index (χ4v) is 2.71. The van der Waals surface area contributed by atoms with Gasteiger partial charge in [-0.2, -0.15) is 0 Å². The van der Waals surface area contributed by atoms with Crippen molar-refractivity contribution in [2.45, 2.75) is 38.5 Å². The number of nitrogens with zero attached hydrogens (tertiary/aromatic N) is 1. The summed E-state index contributed by atoms with van der Waals surface area (Å²) in [5, 5.41) is 0.755. The van der Waals surface area contributed by atoms with E-state index in [4.69, 9.17) is 22.2 Å². The van der Waals surface area contributed by atoms with Gasteiger partial charge in [0.25, 0.3) is 0 Å². The summed E-state index contributed by atoms with van der Waals surface area (Å²) in [4.78, 5) is 2.43. The molecule has 2 atom stereocenters. The van der Waals surface area contributed by atoms with E-state index in [1.165, 1.54) is 5.56 Å². The number of nitrogens with two attached hydrogens (primary N) is 1. The van der Waals surface area contributed by atoms with E-state index in [-0.39, 0.29) is 12.1 Å². The first-order valence-electron chi connectivity index (χ1n) is 7.16. The second-order valence-corrected chi connectivity index (χ2v) is 6.04. The topological polar surface area (TPSA) is 50.5 Å². The molecule has 0 bridgehead atoms. The number of hydrogen-bond acceptors (Lipinski definition) is 4. The van der Waals surface area contributed by atoms with Crippen molar-refractivity contribution in [3.63, 3.8) is 0 Å². The number of hydrazine groups is 1. The lowest BCUT2D eigenvalue weighted by atomic mass is 10.00. The van der Waals surface area contributed by atoms with Crippen molar-refractivity contribution in [1.82, 2.24) is 10.3 Å². The van der Waals surface area contributed by atoms with Crippen molar-refractivity contribution >= 4 is 11.6 Å². The van der Waals surface area contributed by atoms with Crippen LogP contribution in [0.3, 0.4) is 0 Å². The minimum Gasteiger partial charge on any atom is -0.374 e. The Kier molecular flexibility index (Phi) is 5.81. The van der Waals surface area contributed by atoms with E-state index in [1.54, 1.807) is 0 Å². The van der Waals surface area contributed by atoms with E-state index in [9.17, 15) is 0 Å². The first kappa shape index (κ1) is 15.7. The lowest BCUT2D eigenvalue weighted by Crippen LogP contribution is -2.56. The number of ether oxygens (including phenoxy) is 1. The molecule has 1 aliphatic rings. The smallest absolute Gasteiger partial charge is 0.0872 e. The largest absolute Gasteiger partial charge is 0.374 e. The molecule has 0 saturated carbocycles. The van der Waals surface area contributed by atoms with Crippen LogP contribution in [0.25, 0.3) is 0 Å². The maximum Gasteiger partial charge on any atom is 0.0872 e. The van der Waals surface area contributed by atoms with E-state index in [2.05, 4.69) is 24.2 Å². The normalized spacial score (nSPS) is 22.1. The molecule has 112 valence electrons. The predicted octanol–water partition coefficient (Wildman–Crippen LogP) is 1.82. The van der Waals surface area contributed by atoms with Gasteiger partial charge < -0.3 is 4.74 Å². The van der Waals surface area contributed by atoms with Crippen LogP contribution >= 0.6 is 11.6 Å². The third kappa shape index (κ3) is 4.17. The molecule has 2 unspecified atom stereocenters. The summed E-state index contributed by atoms with van der Waals surface area (Å²) in [7, 11) is 0. The van der Waals surface area contributed by atoms with Crippen LogP contribution in [0.4, 0.5) is 0 Å². The van der Waals surface area contributed by atoms with Crippen LogP contribution in [0.2, 0.25) is 5.02 Å². The Bertz CT molecular complexity index is 410. The van der Waals surface area contributed by atoms with Crippen LogP contribution < -0.4 is 11.3 Å². The number of halogens is 1. The highest BCUT2D eigenvalue weighted by Gasteiger charge is 2.28. The van der Waals surface area contributed by atoms with Gasteiger partial charge in [0, 0.05) is 24.2 Å². The minimum atomic E-state index is 0.109. The molecule has 2 rings (SSSR count).